The smallest absolute Gasteiger partial charge is 0.224 e. The van der Waals surface area contributed by atoms with Crippen molar-refractivity contribution < 1.29 is 17.9 Å². The highest BCUT2D eigenvalue weighted by molar-refractivity contribution is 7.88. The number of nitrogens with two attached hydrogens (primary N) is 1. The van der Waals surface area contributed by atoms with E-state index in [1.54, 1.807) is 24.3 Å². The van der Waals surface area contributed by atoms with Crippen molar-refractivity contribution in [2.24, 2.45) is 5.14 Å². The van der Waals surface area contributed by atoms with Crippen LogP contribution in [0.5, 0.6) is 5.75 Å². The zero-order valence-corrected chi connectivity index (χ0v) is 15.6. The first kappa shape index (κ1) is 19.9. The summed E-state index contributed by atoms with van der Waals surface area (Å²) in [6, 6.07) is 14.5. The molecule has 0 aromatic heterocycles. The van der Waals surface area contributed by atoms with Crippen LogP contribution >= 0.6 is 0 Å². The number of hydrogen-bond donors (Lipinski definition) is 2. The lowest BCUT2D eigenvalue weighted by atomic mass is 10.2. The molecule has 0 aliphatic heterocycles. The third-order valence-corrected chi connectivity index (χ3v) is 4.37. The molecule has 0 aliphatic carbocycles. The van der Waals surface area contributed by atoms with Crippen molar-refractivity contribution >= 4 is 21.6 Å². The van der Waals surface area contributed by atoms with Crippen molar-refractivity contribution in [1.29, 1.82) is 0 Å². The average molecular weight is 376 g/mol. The van der Waals surface area contributed by atoms with Crippen LogP contribution in [0.1, 0.15) is 30.4 Å². The number of primary sulfonamides is 1. The van der Waals surface area contributed by atoms with Gasteiger partial charge >= 0.3 is 0 Å². The summed E-state index contributed by atoms with van der Waals surface area (Å²) in [6.07, 6.45) is 1.85. The highest BCUT2D eigenvalue weighted by atomic mass is 32.2. The van der Waals surface area contributed by atoms with Crippen molar-refractivity contribution in [3.63, 3.8) is 0 Å². The van der Waals surface area contributed by atoms with E-state index in [1.807, 2.05) is 31.2 Å². The van der Waals surface area contributed by atoms with Crippen molar-refractivity contribution in [2.75, 3.05) is 11.9 Å². The van der Waals surface area contributed by atoms with Crippen LogP contribution in [-0.2, 0) is 20.6 Å². The normalized spacial score (nSPS) is 11.2. The molecule has 0 aliphatic rings. The van der Waals surface area contributed by atoms with Gasteiger partial charge in [-0.3, -0.25) is 4.79 Å². The number of anilines is 1. The van der Waals surface area contributed by atoms with Crippen molar-refractivity contribution in [1.82, 2.24) is 0 Å². The summed E-state index contributed by atoms with van der Waals surface area (Å²) >= 11 is 0. The summed E-state index contributed by atoms with van der Waals surface area (Å²) in [6.45, 7) is 2.57. The fourth-order valence-corrected chi connectivity index (χ4v) is 3.12. The van der Waals surface area contributed by atoms with Gasteiger partial charge in [-0.05, 0) is 55.2 Å². The van der Waals surface area contributed by atoms with Crippen LogP contribution in [0.2, 0.25) is 0 Å². The first-order valence-corrected chi connectivity index (χ1v) is 10.1. The van der Waals surface area contributed by atoms with Gasteiger partial charge in [-0.25, -0.2) is 13.6 Å². The monoisotopic (exact) mass is 376 g/mol. The molecule has 1 amide bonds. The lowest BCUT2D eigenvalue weighted by molar-refractivity contribution is -0.116. The van der Waals surface area contributed by atoms with E-state index in [0.717, 1.165) is 17.7 Å². The van der Waals surface area contributed by atoms with Gasteiger partial charge in [0.15, 0.2) is 0 Å². The first-order valence-electron chi connectivity index (χ1n) is 8.40. The molecule has 2 aromatic carbocycles. The van der Waals surface area contributed by atoms with Gasteiger partial charge in [-0.1, -0.05) is 24.3 Å². The number of amides is 1. The molecule has 0 radical (unpaired) electrons. The van der Waals surface area contributed by atoms with E-state index in [0.29, 0.717) is 30.7 Å². The van der Waals surface area contributed by atoms with Gasteiger partial charge in [0.2, 0.25) is 15.9 Å². The van der Waals surface area contributed by atoms with Crippen LogP contribution in [0.15, 0.2) is 48.5 Å². The second-order valence-corrected chi connectivity index (χ2v) is 7.79. The van der Waals surface area contributed by atoms with Crippen LogP contribution < -0.4 is 15.2 Å². The number of carbonyl (C=O) groups is 1. The molecule has 0 heterocycles. The molecule has 140 valence electrons. The summed E-state index contributed by atoms with van der Waals surface area (Å²) in [4.78, 5) is 12.0. The first-order chi connectivity index (χ1) is 12.3. The molecule has 2 rings (SSSR count). The lowest BCUT2D eigenvalue weighted by Gasteiger charge is -2.08. The SMILES string of the molecule is Cc1cccc(OCCCCC(=O)Nc2cccc(CS(N)(=O)=O)c2)c1. The van der Waals surface area contributed by atoms with Gasteiger partial charge < -0.3 is 10.1 Å². The second-order valence-electron chi connectivity index (χ2n) is 6.18. The van der Waals surface area contributed by atoms with Gasteiger partial charge in [0.1, 0.15) is 5.75 Å². The number of nitrogens with one attached hydrogen (secondary N) is 1. The Balaban J connectivity index is 1.71. The van der Waals surface area contributed by atoms with E-state index >= 15 is 0 Å². The molecule has 2 aromatic rings. The number of ether oxygens (including phenoxy) is 1. The number of sulfonamides is 1. The lowest BCUT2D eigenvalue weighted by Crippen LogP contribution is -2.15. The van der Waals surface area contributed by atoms with Crippen molar-refractivity contribution in [3.05, 3.63) is 59.7 Å². The van der Waals surface area contributed by atoms with E-state index in [-0.39, 0.29) is 11.7 Å². The largest absolute Gasteiger partial charge is 0.494 e. The van der Waals surface area contributed by atoms with Crippen molar-refractivity contribution in [2.45, 2.75) is 31.9 Å². The third-order valence-electron chi connectivity index (χ3n) is 3.64. The minimum atomic E-state index is -3.60. The topological polar surface area (TPSA) is 98.5 Å². The third kappa shape index (κ3) is 7.67. The molecule has 3 N–H and O–H groups in total. The van der Waals surface area contributed by atoms with Gasteiger partial charge in [0.25, 0.3) is 0 Å². The second kappa shape index (κ2) is 9.35. The Bertz CT molecular complexity index is 850. The molecule has 0 atom stereocenters. The van der Waals surface area contributed by atoms with Crippen LogP contribution in [0.25, 0.3) is 0 Å². The van der Waals surface area contributed by atoms with Crippen LogP contribution in [0.4, 0.5) is 5.69 Å². The quantitative estimate of drug-likeness (QED) is 0.657. The zero-order chi connectivity index (χ0) is 19.0. The summed E-state index contributed by atoms with van der Waals surface area (Å²) < 4.78 is 27.9. The fraction of sp³-hybridized carbons (Fsp3) is 0.316. The zero-order valence-electron chi connectivity index (χ0n) is 14.8. The van der Waals surface area contributed by atoms with Gasteiger partial charge in [0, 0.05) is 12.1 Å². The van der Waals surface area contributed by atoms with E-state index in [1.165, 1.54) is 0 Å². The molecule has 7 heteroatoms. The Kier molecular flexibility index (Phi) is 7.17. The minimum Gasteiger partial charge on any atom is -0.494 e. The molecule has 0 saturated heterocycles. The van der Waals surface area contributed by atoms with E-state index in [2.05, 4.69) is 5.32 Å². The number of hydrogen-bond acceptors (Lipinski definition) is 4. The molecular weight excluding hydrogens is 352 g/mol. The molecule has 0 spiro atoms. The van der Waals surface area contributed by atoms with E-state index in [9.17, 15) is 13.2 Å². The molecule has 0 bridgehead atoms. The van der Waals surface area contributed by atoms with Crippen LogP contribution in [-0.4, -0.2) is 20.9 Å². The highest BCUT2D eigenvalue weighted by Crippen LogP contribution is 2.14. The Hall–Kier alpha value is -2.38. The fourth-order valence-electron chi connectivity index (χ4n) is 2.48. The predicted octanol–water partition coefficient (Wildman–Crippen LogP) is 2.97. The van der Waals surface area contributed by atoms with Crippen LogP contribution in [0, 0.1) is 6.92 Å². The maximum atomic E-state index is 12.0. The maximum absolute atomic E-state index is 12.0. The number of aryl methyl sites for hydroxylation is 1. The Morgan fingerprint density at radius 3 is 2.62 bits per heavy atom. The molecule has 0 saturated carbocycles. The molecule has 0 fully saturated rings. The van der Waals surface area contributed by atoms with E-state index in [4.69, 9.17) is 9.88 Å². The van der Waals surface area contributed by atoms with Gasteiger partial charge in [-0.2, -0.15) is 0 Å². The summed E-state index contributed by atoms with van der Waals surface area (Å²) in [5.74, 6) is 0.460. The standard InChI is InChI=1S/C19H24N2O4S/c1-15-6-4-9-18(12-15)25-11-3-2-10-19(22)21-17-8-5-7-16(13-17)14-26(20,23)24/h4-9,12-13H,2-3,10-11,14H2,1H3,(H,21,22)(H2,20,23,24). The van der Waals surface area contributed by atoms with Crippen LogP contribution in [0.3, 0.4) is 0 Å². The van der Waals surface area contributed by atoms with Gasteiger partial charge in [-0.15, -0.1) is 0 Å². The molecule has 0 unspecified atom stereocenters. The van der Waals surface area contributed by atoms with Crippen molar-refractivity contribution in [3.8, 4) is 5.75 Å². The number of rotatable bonds is 9. The van der Waals surface area contributed by atoms with Gasteiger partial charge in [0.05, 0.1) is 12.4 Å². The number of benzene rings is 2. The molecular formula is C19H24N2O4S. The average Bonchev–Trinajstić information content (AvgIpc) is 2.53. The predicted molar refractivity (Wildman–Crippen MR) is 102 cm³/mol. The highest BCUT2D eigenvalue weighted by Gasteiger charge is 2.07. The number of carbonyl (C=O) groups excluding carboxylic acids is 1. The number of unbranched alkanes of at least 4 members (excludes halogenated alkanes) is 1. The summed E-state index contributed by atoms with van der Waals surface area (Å²) in [5.41, 5.74) is 2.25. The minimum absolute atomic E-state index is 0.117. The molecule has 26 heavy (non-hydrogen) atoms. The Morgan fingerprint density at radius 2 is 1.88 bits per heavy atom. The Morgan fingerprint density at radius 1 is 1.12 bits per heavy atom. The Labute approximate surface area is 154 Å². The molecule has 6 nitrogen and oxygen atoms in total. The van der Waals surface area contributed by atoms with E-state index < -0.39 is 10.0 Å². The summed E-state index contributed by atoms with van der Waals surface area (Å²) in [5, 5.41) is 7.81. The summed E-state index contributed by atoms with van der Waals surface area (Å²) in [7, 11) is -3.60. The maximum Gasteiger partial charge on any atom is 0.224 e.